The summed E-state index contributed by atoms with van der Waals surface area (Å²) in [6.45, 7) is 6.87. The molecule has 0 bridgehead atoms. The van der Waals surface area contributed by atoms with Gasteiger partial charge >= 0.3 is 0 Å². The maximum absolute atomic E-state index is 12.1. The molecular formula is C28H30BrClN6O2. The zero-order valence-electron chi connectivity index (χ0n) is 21.3. The number of fused-ring (bicyclic) bond motifs is 1. The van der Waals surface area contributed by atoms with Gasteiger partial charge in [0.15, 0.2) is 0 Å². The maximum Gasteiger partial charge on any atom is 0.219 e. The molecule has 1 fully saturated rings. The quantitative estimate of drug-likeness (QED) is 0.463. The number of para-hydroxylation sites is 1. The molecule has 0 saturated carbocycles. The number of nitrogens with zero attached hydrogens (tertiary/aromatic N) is 6. The van der Waals surface area contributed by atoms with Gasteiger partial charge in [-0.15, -0.1) is 0 Å². The van der Waals surface area contributed by atoms with Gasteiger partial charge in [-0.2, -0.15) is 10.4 Å². The molecule has 1 N–H and O–H groups in total. The van der Waals surface area contributed by atoms with Crippen LogP contribution >= 0.6 is 27.5 Å². The van der Waals surface area contributed by atoms with E-state index in [4.69, 9.17) is 16.7 Å². The van der Waals surface area contributed by atoms with E-state index in [0.29, 0.717) is 43.2 Å². The second kappa shape index (κ2) is 11.5. The summed E-state index contributed by atoms with van der Waals surface area (Å²) in [5, 5.41) is 26.0. The summed E-state index contributed by atoms with van der Waals surface area (Å²) in [5.41, 5.74) is 5.43. The van der Waals surface area contributed by atoms with Crippen molar-refractivity contribution in [1.82, 2.24) is 19.6 Å². The SMILES string of the molecule is CC(=O)N1CCc2c(c(-c3ccc(Br)c(Cl)c3)nn2CC(O)CN2CCN(c3ccccc3C#N)CC2)C1. The minimum absolute atomic E-state index is 0.0414. The van der Waals surface area contributed by atoms with Crippen LogP contribution in [0.15, 0.2) is 46.9 Å². The third kappa shape index (κ3) is 5.59. The molecule has 198 valence electrons. The number of aromatic nitrogens is 2. The van der Waals surface area contributed by atoms with Gasteiger partial charge in [0.25, 0.3) is 0 Å². The number of rotatable bonds is 6. The predicted octanol–water partition coefficient (Wildman–Crippen LogP) is 3.93. The number of carbonyl (C=O) groups is 1. The molecule has 38 heavy (non-hydrogen) atoms. The molecular weight excluding hydrogens is 568 g/mol. The number of aliphatic hydroxyl groups excluding tert-OH is 1. The Labute approximate surface area is 236 Å². The topological polar surface area (TPSA) is 88.6 Å². The number of hydrogen-bond donors (Lipinski definition) is 1. The Morgan fingerprint density at radius 3 is 2.63 bits per heavy atom. The first-order valence-corrected chi connectivity index (χ1v) is 13.9. The molecule has 2 aliphatic rings. The Balaban J connectivity index is 1.29. The van der Waals surface area contributed by atoms with Crippen LogP contribution in [0, 0.1) is 11.3 Å². The Hall–Kier alpha value is -2.90. The van der Waals surface area contributed by atoms with Gasteiger partial charge in [-0.05, 0) is 40.2 Å². The lowest BCUT2D eigenvalue weighted by Gasteiger charge is -2.37. The molecule has 0 radical (unpaired) electrons. The van der Waals surface area contributed by atoms with Crippen LogP contribution in [0.25, 0.3) is 11.3 Å². The zero-order valence-corrected chi connectivity index (χ0v) is 23.6. The van der Waals surface area contributed by atoms with Crippen molar-refractivity contribution in [3.05, 3.63) is 68.8 Å². The third-order valence-electron chi connectivity index (χ3n) is 7.36. The molecule has 3 heterocycles. The molecule has 2 aromatic carbocycles. The monoisotopic (exact) mass is 596 g/mol. The first-order chi connectivity index (χ1) is 18.3. The van der Waals surface area contributed by atoms with Crippen molar-refractivity contribution < 1.29 is 9.90 Å². The number of anilines is 1. The molecule has 1 unspecified atom stereocenters. The molecule has 1 atom stereocenters. The molecule has 0 spiro atoms. The molecule has 5 rings (SSSR count). The van der Waals surface area contributed by atoms with Crippen molar-refractivity contribution in [1.29, 1.82) is 5.26 Å². The first-order valence-electron chi connectivity index (χ1n) is 12.8. The van der Waals surface area contributed by atoms with Crippen molar-refractivity contribution in [3.8, 4) is 17.3 Å². The molecule has 1 saturated heterocycles. The maximum atomic E-state index is 12.1. The van der Waals surface area contributed by atoms with Gasteiger partial charge in [-0.3, -0.25) is 14.4 Å². The first kappa shape index (κ1) is 26.7. The average molecular weight is 598 g/mol. The lowest BCUT2D eigenvalue weighted by molar-refractivity contribution is -0.129. The molecule has 8 nitrogen and oxygen atoms in total. The number of carbonyl (C=O) groups excluding carboxylic acids is 1. The van der Waals surface area contributed by atoms with E-state index in [1.54, 1.807) is 6.92 Å². The van der Waals surface area contributed by atoms with E-state index in [2.05, 4.69) is 31.8 Å². The van der Waals surface area contributed by atoms with Crippen LogP contribution in [-0.4, -0.2) is 76.0 Å². The average Bonchev–Trinajstić information content (AvgIpc) is 3.28. The lowest BCUT2D eigenvalue weighted by Crippen LogP contribution is -2.49. The highest BCUT2D eigenvalue weighted by molar-refractivity contribution is 9.10. The second-order valence-corrected chi connectivity index (χ2v) is 11.1. The van der Waals surface area contributed by atoms with E-state index in [0.717, 1.165) is 58.9 Å². The van der Waals surface area contributed by atoms with Crippen LogP contribution in [0.4, 0.5) is 5.69 Å². The third-order valence-corrected chi connectivity index (χ3v) is 8.59. The molecule has 2 aliphatic heterocycles. The minimum Gasteiger partial charge on any atom is -0.390 e. The summed E-state index contributed by atoms with van der Waals surface area (Å²) in [4.78, 5) is 18.4. The summed E-state index contributed by atoms with van der Waals surface area (Å²) in [6.07, 6.45) is 0.0970. The van der Waals surface area contributed by atoms with Crippen LogP contribution < -0.4 is 4.90 Å². The standard InChI is InChI=1S/C28H30BrClN6O2/c1-19(37)35-9-8-27-23(18-35)28(20-6-7-24(29)25(30)14-20)32-36(27)17-22(38)16-33-10-12-34(13-11-33)26-5-3-2-4-21(26)15-31/h2-7,14,22,38H,8-13,16-18H2,1H3. The van der Waals surface area contributed by atoms with E-state index in [-0.39, 0.29) is 5.91 Å². The highest BCUT2D eigenvalue weighted by Crippen LogP contribution is 2.34. The number of β-amino-alcohol motifs (C(OH)–C–C–N with tert-alkyl or cyclic N) is 1. The number of aliphatic hydroxyl groups is 1. The van der Waals surface area contributed by atoms with Gasteiger partial charge in [-0.1, -0.05) is 29.8 Å². The number of halogens is 2. The van der Waals surface area contributed by atoms with Gasteiger partial charge in [0.1, 0.15) is 6.07 Å². The van der Waals surface area contributed by atoms with Crippen LogP contribution in [0.1, 0.15) is 23.7 Å². The lowest BCUT2D eigenvalue weighted by atomic mass is 10.0. The van der Waals surface area contributed by atoms with Crippen LogP contribution in [0.2, 0.25) is 5.02 Å². The number of benzene rings is 2. The van der Waals surface area contributed by atoms with Gasteiger partial charge in [0.2, 0.25) is 5.91 Å². The number of amides is 1. The number of piperazine rings is 1. The fourth-order valence-corrected chi connectivity index (χ4v) is 5.78. The number of nitriles is 1. The normalized spacial score (nSPS) is 16.7. The second-order valence-electron chi connectivity index (χ2n) is 9.85. The summed E-state index contributed by atoms with van der Waals surface area (Å²) >= 11 is 9.83. The predicted molar refractivity (Wildman–Crippen MR) is 151 cm³/mol. The fourth-order valence-electron chi connectivity index (χ4n) is 5.36. The van der Waals surface area contributed by atoms with Gasteiger partial charge in [-0.25, -0.2) is 0 Å². The van der Waals surface area contributed by atoms with Crippen molar-refractivity contribution >= 4 is 39.1 Å². The highest BCUT2D eigenvalue weighted by Gasteiger charge is 2.28. The van der Waals surface area contributed by atoms with Crippen molar-refractivity contribution in [2.24, 2.45) is 0 Å². The van der Waals surface area contributed by atoms with E-state index in [9.17, 15) is 15.2 Å². The molecule has 10 heteroatoms. The highest BCUT2D eigenvalue weighted by atomic mass is 79.9. The van der Waals surface area contributed by atoms with Gasteiger partial charge in [0, 0.05) is 80.5 Å². The van der Waals surface area contributed by atoms with Crippen LogP contribution in [0.3, 0.4) is 0 Å². The molecule has 3 aromatic rings. The van der Waals surface area contributed by atoms with E-state index in [1.165, 1.54) is 0 Å². The zero-order chi connectivity index (χ0) is 26.8. The smallest absolute Gasteiger partial charge is 0.219 e. The molecule has 1 aromatic heterocycles. The molecule has 1 amide bonds. The van der Waals surface area contributed by atoms with E-state index in [1.807, 2.05) is 52.0 Å². The summed E-state index contributed by atoms with van der Waals surface area (Å²) in [6, 6.07) is 15.7. The van der Waals surface area contributed by atoms with Crippen molar-refractivity contribution in [2.45, 2.75) is 32.5 Å². The molecule has 0 aliphatic carbocycles. The Morgan fingerprint density at radius 2 is 1.92 bits per heavy atom. The number of hydrogen-bond acceptors (Lipinski definition) is 6. The van der Waals surface area contributed by atoms with Crippen LogP contribution in [-0.2, 0) is 24.3 Å². The summed E-state index contributed by atoms with van der Waals surface area (Å²) < 4.78 is 2.73. The summed E-state index contributed by atoms with van der Waals surface area (Å²) in [7, 11) is 0. The minimum atomic E-state index is -0.593. The summed E-state index contributed by atoms with van der Waals surface area (Å²) in [5.74, 6) is 0.0414. The van der Waals surface area contributed by atoms with Gasteiger partial charge < -0.3 is 14.9 Å². The largest absolute Gasteiger partial charge is 0.390 e. The Kier molecular flexibility index (Phi) is 8.05. The van der Waals surface area contributed by atoms with Crippen molar-refractivity contribution in [3.63, 3.8) is 0 Å². The van der Waals surface area contributed by atoms with Crippen LogP contribution in [0.5, 0.6) is 0 Å². The fraction of sp³-hybridized carbons (Fsp3) is 0.393. The Bertz CT molecular complexity index is 1380. The van der Waals surface area contributed by atoms with E-state index >= 15 is 0 Å². The van der Waals surface area contributed by atoms with Crippen molar-refractivity contribution in [2.75, 3.05) is 44.2 Å². The van der Waals surface area contributed by atoms with Gasteiger partial charge in [0.05, 0.1) is 34.6 Å². The van der Waals surface area contributed by atoms with E-state index < -0.39 is 6.10 Å². The Morgan fingerprint density at radius 1 is 1.16 bits per heavy atom.